The molecular formula is C61H41NO. The molecular weight excluding hydrogens is 763 g/mol. The van der Waals surface area contributed by atoms with Crippen molar-refractivity contribution in [2.24, 2.45) is 0 Å². The molecule has 0 fully saturated rings. The van der Waals surface area contributed by atoms with Gasteiger partial charge in [0.2, 0.25) is 0 Å². The molecule has 0 saturated heterocycles. The molecule has 1 aromatic heterocycles. The van der Waals surface area contributed by atoms with E-state index < -0.39 is 5.41 Å². The number of anilines is 3. The van der Waals surface area contributed by atoms with Gasteiger partial charge in [-0.25, -0.2) is 0 Å². The molecule has 0 aliphatic heterocycles. The first-order valence-corrected chi connectivity index (χ1v) is 21.7. The van der Waals surface area contributed by atoms with Crippen molar-refractivity contribution < 1.29 is 4.42 Å². The summed E-state index contributed by atoms with van der Waals surface area (Å²) in [5, 5.41) is 2.19. The monoisotopic (exact) mass is 803 g/mol. The molecule has 1 aliphatic carbocycles. The Morgan fingerprint density at radius 2 is 0.698 bits per heavy atom. The Hall–Kier alpha value is -8.20. The van der Waals surface area contributed by atoms with Crippen LogP contribution >= 0.6 is 0 Å². The zero-order valence-corrected chi connectivity index (χ0v) is 34.5. The third kappa shape index (κ3) is 6.10. The zero-order valence-electron chi connectivity index (χ0n) is 34.5. The van der Waals surface area contributed by atoms with Gasteiger partial charge >= 0.3 is 0 Å². The molecule has 0 atom stereocenters. The number of hydrogen-bond donors (Lipinski definition) is 0. The summed E-state index contributed by atoms with van der Waals surface area (Å²) < 4.78 is 6.99. The summed E-state index contributed by atoms with van der Waals surface area (Å²) in [5.74, 6) is 0. The average molecular weight is 804 g/mol. The zero-order chi connectivity index (χ0) is 41.7. The van der Waals surface area contributed by atoms with Crippen LogP contribution in [0.15, 0.2) is 253 Å². The van der Waals surface area contributed by atoms with Crippen molar-refractivity contribution in [1.82, 2.24) is 0 Å². The van der Waals surface area contributed by atoms with Crippen LogP contribution in [0.1, 0.15) is 22.3 Å². The Morgan fingerprint density at radius 1 is 0.286 bits per heavy atom. The van der Waals surface area contributed by atoms with E-state index in [1.165, 1.54) is 66.8 Å². The van der Waals surface area contributed by atoms with E-state index in [0.29, 0.717) is 0 Å². The number of nitrogens with zero attached hydrogens (tertiary/aromatic N) is 1. The van der Waals surface area contributed by atoms with Gasteiger partial charge in [0, 0.05) is 33.9 Å². The molecule has 0 saturated carbocycles. The molecule has 2 nitrogen and oxygen atoms in total. The largest absolute Gasteiger partial charge is 0.456 e. The second-order valence-electron chi connectivity index (χ2n) is 16.4. The van der Waals surface area contributed by atoms with Gasteiger partial charge in [0.05, 0.1) is 5.41 Å². The summed E-state index contributed by atoms with van der Waals surface area (Å²) in [4.78, 5) is 2.32. The standard InChI is InChI=1S/C61H41NO/c1-4-15-42(16-5-1)45-27-32-50(33-28-45)62(51-34-29-46(30-35-51)43-17-6-2-7-18-43)52-36-38-56-55-37-31-49(40-59(55)63-60(56)41-52)61(48-22-14-21-47(39-48)44-19-8-3-9-20-44)57-25-12-10-23-53(57)54-24-11-13-26-58(54)61/h1-41H. The number of furan rings is 1. The van der Waals surface area contributed by atoms with Crippen molar-refractivity contribution in [3.8, 4) is 44.5 Å². The van der Waals surface area contributed by atoms with Crippen LogP contribution in [0.5, 0.6) is 0 Å². The molecule has 1 aliphatic rings. The van der Waals surface area contributed by atoms with Crippen LogP contribution in [0.25, 0.3) is 66.4 Å². The van der Waals surface area contributed by atoms with Crippen molar-refractivity contribution in [1.29, 1.82) is 0 Å². The number of benzene rings is 10. The van der Waals surface area contributed by atoms with Crippen molar-refractivity contribution in [3.05, 3.63) is 271 Å². The van der Waals surface area contributed by atoms with Crippen molar-refractivity contribution in [2.75, 3.05) is 4.90 Å². The third-order valence-electron chi connectivity index (χ3n) is 13.0. The maximum absolute atomic E-state index is 6.99. The van der Waals surface area contributed by atoms with Crippen LogP contribution in [0.4, 0.5) is 17.1 Å². The van der Waals surface area contributed by atoms with Crippen LogP contribution in [0, 0.1) is 0 Å². The van der Waals surface area contributed by atoms with Gasteiger partial charge in [-0.1, -0.05) is 194 Å². The quantitative estimate of drug-likeness (QED) is 0.152. The molecule has 0 unspecified atom stereocenters. The first-order valence-electron chi connectivity index (χ1n) is 21.7. The number of hydrogen-bond acceptors (Lipinski definition) is 2. The molecule has 0 amide bonds. The van der Waals surface area contributed by atoms with Gasteiger partial charge in [-0.3, -0.25) is 0 Å². The second-order valence-corrected chi connectivity index (χ2v) is 16.4. The molecule has 1 heterocycles. The molecule has 0 bridgehead atoms. The third-order valence-corrected chi connectivity index (χ3v) is 13.0. The summed E-state index contributed by atoms with van der Waals surface area (Å²) in [6.07, 6.45) is 0. The van der Waals surface area contributed by atoms with Crippen LogP contribution in [0.3, 0.4) is 0 Å². The van der Waals surface area contributed by atoms with Gasteiger partial charge in [0.15, 0.2) is 0 Å². The molecule has 0 spiro atoms. The highest BCUT2D eigenvalue weighted by Gasteiger charge is 2.46. The van der Waals surface area contributed by atoms with E-state index >= 15 is 0 Å². The highest BCUT2D eigenvalue weighted by atomic mass is 16.3. The molecule has 11 aromatic rings. The summed E-state index contributed by atoms with van der Waals surface area (Å²) in [7, 11) is 0. The van der Waals surface area contributed by atoms with Crippen LogP contribution < -0.4 is 4.90 Å². The lowest BCUT2D eigenvalue weighted by Crippen LogP contribution is -2.28. The fraction of sp³-hybridized carbons (Fsp3) is 0.0164. The lowest BCUT2D eigenvalue weighted by Gasteiger charge is -2.34. The molecule has 10 aromatic carbocycles. The topological polar surface area (TPSA) is 16.4 Å². The Labute approximate surface area is 367 Å². The Bertz CT molecular complexity index is 3290. The Morgan fingerprint density at radius 3 is 1.25 bits per heavy atom. The van der Waals surface area contributed by atoms with Gasteiger partial charge in [0.1, 0.15) is 11.2 Å². The normalized spacial score (nSPS) is 12.6. The molecule has 63 heavy (non-hydrogen) atoms. The van der Waals surface area contributed by atoms with Gasteiger partial charge in [-0.15, -0.1) is 0 Å². The second kappa shape index (κ2) is 15.1. The first-order chi connectivity index (χ1) is 31.2. The van der Waals surface area contributed by atoms with Crippen LogP contribution in [0.2, 0.25) is 0 Å². The lowest BCUT2D eigenvalue weighted by atomic mass is 9.67. The van der Waals surface area contributed by atoms with Crippen LogP contribution in [-0.4, -0.2) is 0 Å². The fourth-order valence-electron chi connectivity index (χ4n) is 10.0. The van der Waals surface area contributed by atoms with Crippen LogP contribution in [-0.2, 0) is 5.41 Å². The maximum atomic E-state index is 6.99. The molecule has 12 rings (SSSR count). The van der Waals surface area contributed by atoms with E-state index in [4.69, 9.17) is 4.42 Å². The number of fused-ring (bicyclic) bond motifs is 6. The first kappa shape index (κ1) is 36.6. The van der Waals surface area contributed by atoms with Crippen molar-refractivity contribution in [3.63, 3.8) is 0 Å². The Balaban J connectivity index is 1.01. The highest BCUT2D eigenvalue weighted by Crippen LogP contribution is 2.57. The SMILES string of the molecule is c1ccc(-c2ccc(N(c3ccc(-c4ccccc4)cc3)c3ccc4c(c3)oc3cc(C5(c6cccc(-c7ccccc7)c6)c6ccccc6-c6ccccc65)ccc34)cc2)cc1. The van der Waals surface area contributed by atoms with E-state index in [1.807, 2.05) is 0 Å². The van der Waals surface area contributed by atoms with Gasteiger partial charge in [-0.2, -0.15) is 0 Å². The van der Waals surface area contributed by atoms with Gasteiger partial charge < -0.3 is 9.32 Å². The Kier molecular flexibility index (Phi) is 8.76. The van der Waals surface area contributed by atoms with E-state index in [0.717, 1.165) is 39.0 Å². The van der Waals surface area contributed by atoms with Gasteiger partial charge in [0.25, 0.3) is 0 Å². The van der Waals surface area contributed by atoms with Crippen molar-refractivity contribution >= 4 is 39.0 Å². The maximum Gasteiger partial charge on any atom is 0.137 e. The minimum Gasteiger partial charge on any atom is -0.456 e. The predicted molar refractivity (Wildman–Crippen MR) is 262 cm³/mol. The summed E-state index contributed by atoms with van der Waals surface area (Å²) in [5.41, 5.74) is 18.9. The predicted octanol–water partition coefficient (Wildman–Crippen LogP) is 16.4. The summed E-state index contributed by atoms with van der Waals surface area (Å²) in [6, 6.07) is 90.0. The van der Waals surface area contributed by atoms with E-state index in [9.17, 15) is 0 Å². The minimum absolute atomic E-state index is 0.565. The molecule has 0 radical (unpaired) electrons. The number of rotatable bonds is 8. The summed E-state index contributed by atoms with van der Waals surface area (Å²) >= 11 is 0. The van der Waals surface area contributed by atoms with E-state index in [1.54, 1.807) is 0 Å². The van der Waals surface area contributed by atoms with E-state index in [2.05, 4.69) is 254 Å². The fourth-order valence-corrected chi connectivity index (χ4v) is 10.0. The minimum atomic E-state index is -0.565. The molecule has 0 N–H and O–H groups in total. The van der Waals surface area contributed by atoms with Gasteiger partial charge in [-0.05, 0) is 115 Å². The highest BCUT2D eigenvalue weighted by molar-refractivity contribution is 6.07. The average Bonchev–Trinajstić information content (AvgIpc) is 3.88. The van der Waals surface area contributed by atoms with E-state index in [-0.39, 0.29) is 0 Å². The molecule has 296 valence electrons. The molecule has 2 heteroatoms. The van der Waals surface area contributed by atoms with Crippen molar-refractivity contribution in [2.45, 2.75) is 5.41 Å². The summed E-state index contributed by atoms with van der Waals surface area (Å²) in [6.45, 7) is 0. The smallest absolute Gasteiger partial charge is 0.137 e. The lowest BCUT2D eigenvalue weighted by molar-refractivity contribution is 0.665.